The lowest BCUT2D eigenvalue weighted by molar-refractivity contribution is 0.200. The largest absolute Gasteiger partial charge is 0.315 e. The second kappa shape index (κ2) is 7.74. The normalized spacial score (nSPS) is 19.6. The summed E-state index contributed by atoms with van der Waals surface area (Å²) in [5.74, 6) is 0. The predicted octanol–water partition coefficient (Wildman–Crippen LogP) is 3.51. The summed E-state index contributed by atoms with van der Waals surface area (Å²) in [6, 6.07) is 2.98. The van der Waals surface area contributed by atoms with Crippen molar-refractivity contribution in [3.8, 4) is 0 Å². The molecule has 2 heterocycles. The van der Waals surface area contributed by atoms with Gasteiger partial charge in [-0.15, -0.1) is 23.7 Å². The number of nitrogens with one attached hydrogen (secondary N) is 1. The number of hydrogen-bond acceptors (Lipinski definition) is 3. The average Bonchev–Trinajstić information content (AvgIpc) is 2.88. The van der Waals surface area contributed by atoms with E-state index in [1.165, 1.54) is 35.3 Å². The summed E-state index contributed by atoms with van der Waals surface area (Å²) >= 11 is 5.31. The molecule has 0 saturated carbocycles. The van der Waals surface area contributed by atoms with Crippen LogP contribution in [0.1, 0.15) is 25.3 Å². The zero-order valence-corrected chi connectivity index (χ0v) is 13.3. The number of nitrogens with zero attached hydrogens (tertiary/aromatic N) is 1. The Morgan fingerprint density at radius 1 is 1.59 bits per heavy atom. The van der Waals surface area contributed by atoms with Gasteiger partial charge in [0.15, 0.2) is 0 Å². The van der Waals surface area contributed by atoms with Crippen molar-refractivity contribution < 1.29 is 0 Å². The fraction of sp³-hybridized carbons (Fsp3) is 0.667. The van der Waals surface area contributed by atoms with Gasteiger partial charge in [-0.05, 0) is 58.9 Å². The van der Waals surface area contributed by atoms with Gasteiger partial charge >= 0.3 is 0 Å². The predicted molar refractivity (Wildman–Crippen MR) is 81.2 cm³/mol. The molecule has 5 heteroatoms. The van der Waals surface area contributed by atoms with Crippen molar-refractivity contribution in [3.63, 3.8) is 0 Å². The molecule has 0 amide bonds. The van der Waals surface area contributed by atoms with Crippen molar-refractivity contribution in [2.75, 3.05) is 19.6 Å². The van der Waals surface area contributed by atoms with Gasteiger partial charge in [0.2, 0.25) is 0 Å². The molecule has 0 aliphatic carbocycles. The van der Waals surface area contributed by atoms with E-state index in [0.29, 0.717) is 0 Å². The van der Waals surface area contributed by atoms with Crippen LogP contribution in [0.15, 0.2) is 15.2 Å². The molecule has 1 fully saturated rings. The van der Waals surface area contributed by atoms with Crippen LogP contribution in [0.4, 0.5) is 0 Å². The van der Waals surface area contributed by atoms with E-state index in [1.54, 1.807) is 11.3 Å². The molecule has 1 unspecified atom stereocenters. The first kappa shape index (κ1) is 15.4. The van der Waals surface area contributed by atoms with E-state index in [0.717, 1.165) is 19.1 Å². The maximum absolute atomic E-state index is 3.53. The summed E-state index contributed by atoms with van der Waals surface area (Å²) in [5, 5.41) is 5.71. The lowest BCUT2D eigenvalue weighted by atomic mass is 10.2. The van der Waals surface area contributed by atoms with Crippen molar-refractivity contribution in [3.05, 3.63) is 20.8 Å². The lowest BCUT2D eigenvalue weighted by Gasteiger charge is -2.27. The Hall–Kier alpha value is 0.390. The molecule has 0 spiro atoms. The molecule has 0 bridgehead atoms. The first-order valence-electron chi connectivity index (χ1n) is 5.97. The monoisotopic (exact) mass is 338 g/mol. The summed E-state index contributed by atoms with van der Waals surface area (Å²) in [6.07, 6.45) is 2.53. The van der Waals surface area contributed by atoms with Crippen molar-refractivity contribution in [2.24, 2.45) is 0 Å². The molecule has 1 N–H and O–H groups in total. The third-order valence-corrected chi connectivity index (χ3v) is 4.62. The first-order valence-corrected chi connectivity index (χ1v) is 7.64. The third kappa shape index (κ3) is 4.52. The zero-order chi connectivity index (χ0) is 11.4. The highest BCUT2D eigenvalue weighted by Crippen LogP contribution is 2.23. The van der Waals surface area contributed by atoms with Crippen LogP contribution < -0.4 is 5.32 Å². The fourth-order valence-electron chi connectivity index (χ4n) is 2.29. The maximum atomic E-state index is 3.53. The van der Waals surface area contributed by atoms with Crippen LogP contribution in [0.2, 0.25) is 0 Å². The highest BCUT2D eigenvalue weighted by atomic mass is 79.9. The van der Waals surface area contributed by atoms with E-state index in [4.69, 9.17) is 0 Å². The van der Waals surface area contributed by atoms with Crippen LogP contribution in [0.3, 0.4) is 0 Å². The summed E-state index contributed by atoms with van der Waals surface area (Å²) in [5.41, 5.74) is 1.44. The quantitative estimate of drug-likeness (QED) is 0.883. The highest BCUT2D eigenvalue weighted by molar-refractivity contribution is 9.11. The van der Waals surface area contributed by atoms with E-state index in [9.17, 15) is 0 Å². The Kier molecular flexibility index (Phi) is 7.04. The van der Waals surface area contributed by atoms with Gasteiger partial charge < -0.3 is 5.32 Å². The van der Waals surface area contributed by atoms with Crippen molar-refractivity contribution in [2.45, 2.75) is 32.4 Å². The van der Waals surface area contributed by atoms with Crippen LogP contribution in [-0.2, 0) is 6.54 Å². The third-order valence-electron chi connectivity index (χ3n) is 3.07. The van der Waals surface area contributed by atoms with Gasteiger partial charge in [0, 0.05) is 19.1 Å². The van der Waals surface area contributed by atoms with Gasteiger partial charge in [0.05, 0.1) is 3.79 Å². The number of thiophene rings is 1. The molecule has 1 aliphatic heterocycles. The second-order valence-electron chi connectivity index (χ2n) is 4.38. The molecule has 2 nitrogen and oxygen atoms in total. The Morgan fingerprint density at radius 2 is 2.41 bits per heavy atom. The van der Waals surface area contributed by atoms with Crippen molar-refractivity contribution in [1.82, 2.24) is 10.2 Å². The molecule has 1 aliphatic rings. The van der Waals surface area contributed by atoms with Crippen LogP contribution in [0.5, 0.6) is 0 Å². The number of rotatable bonds is 5. The van der Waals surface area contributed by atoms with E-state index in [-0.39, 0.29) is 12.4 Å². The van der Waals surface area contributed by atoms with E-state index < -0.39 is 0 Å². The summed E-state index contributed by atoms with van der Waals surface area (Å²) in [7, 11) is 0. The van der Waals surface area contributed by atoms with Gasteiger partial charge in [-0.2, -0.15) is 0 Å². The number of halogens is 2. The molecule has 1 aromatic rings. The minimum atomic E-state index is 0. The Morgan fingerprint density at radius 3 is 2.94 bits per heavy atom. The summed E-state index contributed by atoms with van der Waals surface area (Å²) in [6.45, 7) is 6.91. The van der Waals surface area contributed by atoms with Crippen LogP contribution >= 0.6 is 39.7 Å². The smallest absolute Gasteiger partial charge is 0.0701 e. The molecule has 2 rings (SSSR count). The van der Waals surface area contributed by atoms with Crippen LogP contribution in [0.25, 0.3) is 0 Å². The number of hydrogen-bond donors (Lipinski definition) is 1. The molecule has 1 atom stereocenters. The van der Waals surface area contributed by atoms with Crippen molar-refractivity contribution in [1.29, 1.82) is 0 Å². The second-order valence-corrected chi connectivity index (χ2v) is 6.67. The SMILES string of the molecule is CCCN(Cc1csc(Br)c1)C1CCNC1.Cl. The molecule has 17 heavy (non-hydrogen) atoms. The minimum absolute atomic E-state index is 0. The van der Waals surface area contributed by atoms with E-state index in [2.05, 4.69) is 44.5 Å². The van der Waals surface area contributed by atoms with Crippen molar-refractivity contribution >= 4 is 39.7 Å². The lowest BCUT2D eigenvalue weighted by Crippen LogP contribution is -2.36. The van der Waals surface area contributed by atoms with Gasteiger partial charge in [-0.1, -0.05) is 6.92 Å². The molecular weight excluding hydrogens is 320 g/mol. The Balaban J connectivity index is 0.00000144. The molecule has 0 radical (unpaired) electrons. The van der Waals surface area contributed by atoms with Gasteiger partial charge in [0.25, 0.3) is 0 Å². The molecule has 1 aromatic heterocycles. The standard InChI is InChI=1S/C12H19BrN2S.ClH/c1-2-5-15(11-3-4-14-7-11)8-10-6-12(13)16-9-10;/h6,9,11,14H,2-5,7-8H2,1H3;1H. The minimum Gasteiger partial charge on any atom is -0.315 e. The Labute approximate surface area is 122 Å². The summed E-state index contributed by atoms with van der Waals surface area (Å²) < 4.78 is 1.24. The molecular formula is C12H20BrClN2S. The van der Waals surface area contributed by atoms with Crippen LogP contribution in [0, 0.1) is 0 Å². The van der Waals surface area contributed by atoms with Crippen LogP contribution in [-0.4, -0.2) is 30.6 Å². The fourth-order valence-corrected chi connectivity index (χ4v) is 3.49. The first-order chi connectivity index (χ1) is 7.79. The molecule has 98 valence electrons. The van der Waals surface area contributed by atoms with Gasteiger partial charge in [-0.3, -0.25) is 4.90 Å². The maximum Gasteiger partial charge on any atom is 0.0701 e. The highest BCUT2D eigenvalue weighted by Gasteiger charge is 2.21. The van der Waals surface area contributed by atoms with E-state index in [1.807, 2.05) is 0 Å². The van der Waals surface area contributed by atoms with E-state index >= 15 is 0 Å². The zero-order valence-electron chi connectivity index (χ0n) is 10.1. The Bertz CT molecular complexity index is 326. The van der Waals surface area contributed by atoms with Gasteiger partial charge in [0.1, 0.15) is 0 Å². The molecule has 1 saturated heterocycles. The topological polar surface area (TPSA) is 15.3 Å². The average molecular weight is 340 g/mol. The molecule has 0 aromatic carbocycles. The summed E-state index contributed by atoms with van der Waals surface area (Å²) in [4.78, 5) is 2.62. The van der Waals surface area contributed by atoms with Gasteiger partial charge in [-0.25, -0.2) is 0 Å².